The third-order valence-electron chi connectivity index (χ3n) is 2.69. The van der Waals surface area contributed by atoms with E-state index in [0.717, 1.165) is 12.2 Å². The molecule has 0 saturated heterocycles. The lowest BCUT2D eigenvalue weighted by Gasteiger charge is -2.15. The van der Waals surface area contributed by atoms with Gasteiger partial charge >= 0.3 is 0 Å². The Hall–Kier alpha value is -1.02. The average molecular weight is 207 g/mol. The van der Waals surface area contributed by atoms with Crippen molar-refractivity contribution in [2.45, 2.75) is 32.2 Å². The van der Waals surface area contributed by atoms with E-state index >= 15 is 0 Å². The van der Waals surface area contributed by atoms with Crippen LogP contribution in [0.4, 0.5) is 0 Å². The molecule has 1 N–H and O–H groups in total. The number of hydrogen-bond donors (Lipinski definition) is 1. The molecular formula is C13H21NO. The lowest BCUT2D eigenvalue weighted by Crippen LogP contribution is -2.27. The molecule has 1 atom stereocenters. The minimum absolute atomic E-state index is 0.586. The topological polar surface area (TPSA) is 21.3 Å². The van der Waals surface area contributed by atoms with Gasteiger partial charge in [0, 0.05) is 6.04 Å². The molecule has 0 aromatic heterocycles. The van der Waals surface area contributed by atoms with Gasteiger partial charge in [0.25, 0.3) is 0 Å². The van der Waals surface area contributed by atoms with E-state index in [9.17, 15) is 0 Å². The zero-order valence-electron chi connectivity index (χ0n) is 9.92. The lowest BCUT2D eigenvalue weighted by atomic mass is 10.0. The van der Waals surface area contributed by atoms with Gasteiger partial charge in [-0.2, -0.15) is 0 Å². The number of ether oxygens (including phenoxy) is 1. The minimum atomic E-state index is 0.586. The minimum Gasteiger partial charge on any atom is -0.497 e. The average Bonchev–Trinajstić information content (AvgIpc) is 2.29. The third-order valence-corrected chi connectivity index (χ3v) is 2.69. The first-order valence-electron chi connectivity index (χ1n) is 5.60. The number of nitrogens with one attached hydrogen (secondary N) is 1. The molecule has 0 saturated carbocycles. The summed E-state index contributed by atoms with van der Waals surface area (Å²) >= 11 is 0. The van der Waals surface area contributed by atoms with Gasteiger partial charge < -0.3 is 10.1 Å². The van der Waals surface area contributed by atoms with Gasteiger partial charge in [0.2, 0.25) is 0 Å². The number of rotatable bonds is 6. The molecule has 1 aromatic carbocycles. The van der Waals surface area contributed by atoms with Crippen molar-refractivity contribution in [2.24, 2.45) is 0 Å². The summed E-state index contributed by atoms with van der Waals surface area (Å²) in [7, 11) is 3.73. The van der Waals surface area contributed by atoms with Crippen molar-refractivity contribution in [1.82, 2.24) is 5.32 Å². The van der Waals surface area contributed by atoms with E-state index in [-0.39, 0.29) is 0 Å². The van der Waals surface area contributed by atoms with E-state index in [1.54, 1.807) is 7.11 Å². The molecule has 2 heteroatoms. The maximum absolute atomic E-state index is 5.13. The van der Waals surface area contributed by atoms with E-state index in [4.69, 9.17) is 4.74 Å². The largest absolute Gasteiger partial charge is 0.497 e. The first-order chi connectivity index (χ1) is 7.30. The maximum Gasteiger partial charge on any atom is 0.118 e. The number of likely N-dealkylation sites (N-methyl/N-ethyl adjacent to an activating group) is 1. The second kappa shape index (κ2) is 6.46. The van der Waals surface area contributed by atoms with Crippen LogP contribution in [0.2, 0.25) is 0 Å². The highest BCUT2D eigenvalue weighted by molar-refractivity contribution is 5.27. The Morgan fingerprint density at radius 2 is 1.93 bits per heavy atom. The zero-order chi connectivity index (χ0) is 11.1. The molecule has 0 amide bonds. The molecule has 0 aliphatic carbocycles. The van der Waals surface area contributed by atoms with Crippen molar-refractivity contribution in [2.75, 3.05) is 14.2 Å². The van der Waals surface area contributed by atoms with Gasteiger partial charge in [-0.3, -0.25) is 0 Å². The first kappa shape index (κ1) is 12.1. The van der Waals surface area contributed by atoms with E-state index in [1.165, 1.54) is 18.4 Å². The predicted molar refractivity (Wildman–Crippen MR) is 64.5 cm³/mol. The van der Waals surface area contributed by atoms with Crippen LogP contribution in [-0.2, 0) is 6.42 Å². The Bertz CT molecular complexity index is 268. The summed E-state index contributed by atoms with van der Waals surface area (Å²) in [5, 5.41) is 3.35. The Labute approximate surface area is 92.6 Å². The van der Waals surface area contributed by atoms with Gasteiger partial charge in [0.1, 0.15) is 5.75 Å². The van der Waals surface area contributed by atoms with Gasteiger partial charge in [-0.1, -0.05) is 25.5 Å². The van der Waals surface area contributed by atoms with E-state index in [0.29, 0.717) is 6.04 Å². The van der Waals surface area contributed by atoms with E-state index < -0.39 is 0 Å². The summed E-state index contributed by atoms with van der Waals surface area (Å²) in [6.07, 6.45) is 3.54. The van der Waals surface area contributed by atoms with Crippen LogP contribution >= 0.6 is 0 Å². The Morgan fingerprint density at radius 1 is 1.27 bits per heavy atom. The van der Waals surface area contributed by atoms with Gasteiger partial charge in [0.05, 0.1) is 7.11 Å². The summed E-state index contributed by atoms with van der Waals surface area (Å²) < 4.78 is 5.13. The molecule has 2 nitrogen and oxygen atoms in total. The smallest absolute Gasteiger partial charge is 0.118 e. The van der Waals surface area contributed by atoms with E-state index in [1.807, 2.05) is 19.2 Å². The second-order valence-corrected chi connectivity index (χ2v) is 3.83. The van der Waals surface area contributed by atoms with Gasteiger partial charge in [-0.25, -0.2) is 0 Å². The third kappa shape index (κ3) is 3.92. The lowest BCUT2D eigenvalue weighted by molar-refractivity contribution is 0.414. The standard InChI is InChI=1S/C13H21NO/c1-4-5-12(14-2)10-11-6-8-13(15-3)9-7-11/h6-9,12,14H,4-5,10H2,1-3H3. The Balaban J connectivity index is 2.55. The molecule has 15 heavy (non-hydrogen) atoms. The fourth-order valence-corrected chi connectivity index (χ4v) is 1.74. The number of benzene rings is 1. The predicted octanol–water partition coefficient (Wildman–Crippen LogP) is 2.63. The molecule has 1 rings (SSSR count). The van der Waals surface area contributed by atoms with Crippen LogP contribution in [0, 0.1) is 0 Å². The molecule has 84 valence electrons. The summed E-state index contributed by atoms with van der Waals surface area (Å²) in [5.41, 5.74) is 1.36. The highest BCUT2D eigenvalue weighted by atomic mass is 16.5. The van der Waals surface area contributed by atoms with Gasteiger partial charge in [-0.05, 0) is 37.6 Å². The normalized spacial score (nSPS) is 12.5. The van der Waals surface area contributed by atoms with Crippen LogP contribution < -0.4 is 10.1 Å². The van der Waals surface area contributed by atoms with Gasteiger partial charge in [-0.15, -0.1) is 0 Å². The monoisotopic (exact) mass is 207 g/mol. The van der Waals surface area contributed by atoms with Crippen molar-refractivity contribution in [3.05, 3.63) is 29.8 Å². The Kier molecular flexibility index (Phi) is 5.19. The van der Waals surface area contributed by atoms with Crippen LogP contribution in [0.25, 0.3) is 0 Å². The first-order valence-corrected chi connectivity index (χ1v) is 5.60. The summed E-state index contributed by atoms with van der Waals surface area (Å²) in [6.45, 7) is 2.22. The maximum atomic E-state index is 5.13. The zero-order valence-corrected chi connectivity index (χ0v) is 9.92. The van der Waals surface area contributed by atoms with Crippen molar-refractivity contribution in [1.29, 1.82) is 0 Å². The molecule has 0 heterocycles. The summed E-state index contributed by atoms with van der Waals surface area (Å²) in [4.78, 5) is 0. The fourth-order valence-electron chi connectivity index (χ4n) is 1.74. The van der Waals surface area contributed by atoms with E-state index in [2.05, 4.69) is 24.4 Å². The molecule has 1 aromatic rings. The molecule has 0 radical (unpaired) electrons. The van der Waals surface area contributed by atoms with Crippen LogP contribution in [-0.4, -0.2) is 20.2 Å². The number of hydrogen-bond acceptors (Lipinski definition) is 2. The SMILES string of the molecule is CCCC(Cc1ccc(OC)cc1)NC. The fraction of sp³-hybridized carbons (Fsp3) is 0.538. The summed E-state index contributed by atoms with van der Waals surface area (Å²) in [6, 6.07) is 8.91. The Morgan fingerprint density at radius 3 is 2.40 bits per heavy atom. The molecule has 0 fully saturated rings. The molecular weight excluding hydrogens is 186 g/mol. The second-order valence-electron chi connectivity index (χ2n) is 3.83. The highest BCUT2D eigenvalue weighted by Crippen LogP contribution is 2.13. The molecule has 0 aliphatic heterocycles. The van der Waals surface area contributed by atoms with Crippen LogP contribution in [0.1, 0.15) is 25.3 Å². The van der Waals surface area contributed by atoms with Crippen molar-refractivity contribution in [3.63, 3.8) is 0 Å². The van der Waals surface area contributed by atoms with Crippen molar-refractivity contribution >= 4 is 0 Å². The summed E-state index contributed by atoms with van der Waals surface area (Å²) in [5.74, 6) is 0.926. The van der Waals surface area contributed by atoms with Crippen LogP contribution in [0.3, 0.4) is 0 Å². The van der Waals surface area contributed by atoms with Crippen LogP contribution in [0.5, 0.6) is 5.75 Å². The number of methoxy groups -OCH3 is 1. The van der Waals surface area contributed by atoms with Crippen LogP contribution in [0.15, 0.2) is 24.3 Å². The molecule has 0 aliphatic rings. The molecule has 0 spiro atoms. The molecule has 0 bridgehead atoms. The quantitative estimate of drug-likeness (QED) is 0.774. The molecule has 1 unspecified atom stereocenters. The van der Waals surface area contributed by atoms with Crippen molar-refractivity contribution < 1.29 is 4.74 Å². The van der Waals surface area contributed by atoms with Crippen molar-refractivity contribution in [3.8, 4) is 5.75 Å². The highest BCUT2D eigenvalue weighted by Gasteiger charge is 2.05. The van der Waals surface area contributed by atoms with Gasteiger partial charge in [0.15, 0.2) is 0 Å².